The lowest BCUT2D eigenvalue weighted by Crippen LogP contribution is -2.46. The fourth-order valence-corrected chi connectivity index (χ4v) is 2.81. The molecule has 1 heterocycles. The molecule has 1 saturated heterocycles. The molecule has 100 valence electrons. The molecule has 0 spiro atoms. The van der Waals surface area contributed by atoms with Gasteiger partial charge >= 0.3 is 0 Å². The van der Waals surface area contributed by atoms with E-state index in [1.54, 1.807) is 0 Å². The molecule has 0 saturated carbocycles. The summed E-state index contributed by atoms with van der Waals surface area (Å²) in [6.45, 7) is 10.2. The van der Waals surface area contributed by atoms with Gasteiger partial charge in [-0.3, -0.25) is 4.90 Å². The third kappa shape index (κ3) is 3.42. The molecule has 1 aliphatic heterocycles. The van der Waals surface area contributed by atoms with Gasteiger partial charge in [-0.05, 0) is 44.2 Å². The maximum atomic E-state index is 4.28. The van der Waals surface area contributed by atoms with E-state index in [9.17, 15) is 0 Å². The molecule has 3 heteroatoms. The number of benzene rings is 1. The van der Waals surface area contributed by atoms with Crippen LogP contribution in [-0.2, 0) is 0 Å². The van der Waals surface area contributed by atoms with Gasteiger partial charge in [-0.2, -0.15) is 12.6 Å². The van der Waals surface area contributed by atoms with Gasteiger partial charge in [0.25, 0.3) is 0 Å². The summed E-state index contributed by atoms with van der Waals surface area (Å²) in [7, 11) is 0. The van der Waals surface area contributed by atoms with Crippen molar-refractivity contribution in [1.82, 2.24) is 4.90 Å². The molecule has 1 aliphatic rings. The minimum absolute atomic E-state index is 0.997. The summed E-state index contributed by atoms with van der Waals surface area (Å²) in [4.78, 5) is 5.07. The molecule has 0 N–H and O–H groups in total. The summed E-state index contributed by atoms with van der Waals surface area (Å²) in [5.74, 6) is 0.997. The van der Waals surface area contributed by atoms with Crippen LogP contribution in [0.5, 0.6) is 0 Å². The summed E-state index contributed by atoms with van der Waals surface area (Å²) in [5.41, 5.74) is 4.16. The predicted octanol–water partition coefficient (Wildman–Crippen LogP) is 2.75. The van der Waals surface area contributed by atoms with Crippen molar-refractivity contribution in [1.29, 1.82) is 0 Å². The Labute approximate surface area is 116 Å². The molecular weight excluding hydrogens is 240 g/mol. The molecule has 2 rings (SSSR count). The zero-order chi connectivity index (χ0) is 13.0. The lowest BCUT2D eigenvalue weighted by Gasteiger charge is -2.36. The molecule has 18 heavy (non-hydrogen) atoms. The van der Waals surface area contributed by atoms with Gasteiger partial charge in [0.2, 0.25) is 0 Å². The van der Waals surface area contributed by atoms with Crippen LogP contribution in [0.1, 0.15) is 17.5 Å². The van der Waals surface area contributed by atoms with Crippen molar-refractivity contribution in [3.05, 3.63) is 29.3 Å². The first-order chi connectivity index (χ1) is 8.70. The zero-order valence-corrected chi connectivity index (χ0v) is 12.4. The van der Waals surface area contributed by atoms with Crippen molar-refractivity contribution in [3.63, 3.8) is 0 Å². The number of rotatable bonds is 4. The highest BCUT2D eigenvalue weighted by Crippen LogP contribution is 2.22. The van der Waals surface area contributed by atoms with E-state index >= 15 is 0 Å². The van der Waals surface area contributed by atoms with E-state index in [1.807, 2.05) is 0 Å². The summed E-state index contributed by atoms with van der Waals surface area (Å²) in [6, 6.07) is 6.77. The molecular formula is C15H24N2S. The highest BCUT2D eigenvalue weighted by molar-refractivity contribution is 7.80. The van der Waals surface area contributed by atoms with Crippen molar-refractivity contribution < 1.29 is 0 Å². The van der Waals surface area contributed by atoms with E-state index in [4.69, 9.17) is 0 Å². The number of aryl methyl sites for hydroxylation is 2. The average molecular weight is 264 g/mol. The monoisotopic (exact) mass is 264 g/mol. The maximum absolute atomic E-state index is 4.28. The SMILES string of the molecule is Cc1ccc(N2CCN(CCCS)CC2)c(C)c1. The highest BCUT2D eigenvalue weighted by atomic mass is 32.1. The van der Waals surface area contributed by atoms with E-state index < -0.39 is 0 Å². The van der Waals surface area contributed by atoms with Gasteiger partial charge in [0.1, 0.15) is 0 Å². The van der Waals surface area contributed by atoms with Crippen molar-refractivity contribution in [3.8, 4) is 0 Å². The van der Waals surface area contributed by atoms with Gasteiger partial charge in [-0.1, -0.05) is 17.7 Å². The van der Waals surface area contributed by atoms with Gasteiger partial charge in [-0.15, -0.1) is 0 Å². The molecule has 1 fully saturated rings. The largest absolute Gasteiger partial charge is 0.369 e. The van der Waals surface area contributed by atoms with Gasteiger partial charge < -0.3 is 4.90 Å². The zero-order valence-electron chi connectivity index (χ0n) is 11.5. The van der Waals surface area contributed by atoms with Crippen LogP contribution in [0.25, 0.3) is 0 Å². The Morgan fingerprint density at radius 2 is 1.83 bits per heavy atom. The Bertz CT molecular complexity index is 384. The van der Waals surface area contributed by atoms with E-state index in [2.05, 4.69) is 54.5 Å². The topological polar surface area (TPSA) is 6.48 Å². The first-order valence-corrected chi connectivity index (χ1v) is 7.49. The van der Waals surface area contributed by atoms with Crippen LogP contribution in [0.4, 0.5) is 5.69 Å². The van der Waals surface area contributed by atoms with E-state index in [-0.39, 0.29) is 0 Å². The fourth-order valence-electron chi connectivity index (χ4n) is 2.67. The van der Waals surface area contributed by atoms with Gasteiger partial charge in [-0.25, -0.2) is 0 Å². The lowest BCUT2D eigenvalue weighted by molar-refractivity contribution is 0.259. The maximum Gasteiger partial charge on any atom is 0.0396 e. The number of nitrogens with zero attached hydrogens (tertiary/aromatic N) is 2. The molecule has 0 amide bonds. The normalized spacial score (nSPS) is 17.2. The number of anilines is 1. The Morgan fingerprint density at radius 3 is 2.44 bits per heavy atom. The van der Waals surface area contributed by atoms with Crippen LogP contribution >= 0.6 is 12.6 Å². The summed E-state index contributed by atoms with van der Waals surface area (Å²) in [5, 5.41) is 0. The minimum Gasteiger partial charge on any atom is -0.369 e. The van der Waals surface area contributed by atoms with Crippen LogP contribution in [0.2, 0.25) is 0 Å². The van der Waals surface area contributed by atoms with Gasteiger partial charge in [0.15, 0.2) is 0 Å². The van der Waals surface area contributed by atoms with Crippen molar-refractivity contribution >= 4 is 18.3 Å². The molecule has 0 bridgehead atoms. The minimum atomic E-state index is 0.997. The third-order valence-corrected chi connectivity index (χ3v) is 4.01. The highest BCUT2D eigenvalue weighted by Gasteiger charge is 2.17. The average Bonchev–Trinajstić information content (AvgIpc) is 2.37. The van der Waals surface area contributed by atoms with E-state index in [0.717, 1.165) is 18.8 Å². The van der Waals surface area contributed by atoms with E-state index in [1.165, 1.54) is 42.9 Å². The second-order valence-corrected chi connectivity index (χ2v) is 5.64. The Balaban J connectivity index is 1.93. The molecule has 1 aromatic carbocycles. The van der Waals surface area contributed by atoms with Crippen molar-refractivity contribution in [2.45, 2.75) is 20.3 Å². The standard InChI is InChI=1S/C15H24N2S/c1-13-4-5-15(14(2)12-13)17-9-7-16(8-10-17)6-3-11-18/h4-5,12,18H,3,6-11H2,1-2H3. The van der Waals surface area contributed by atoms with Gasteiger partial charge in [0, 0.05) is 31.9 Å². The van der Waals surface area contributed by atoms with Crippen molar-refractivity contribution in [2.75, 3.05) is 43.4 Å². The Morgan fingerprint density at radius 1 is 1.11 bits per heavy atom. The fraction of sp³-hybridized carbons (Fsp3) is 0.600. The first kappa shape index (κ1) is 13.8. The summed E-state index contributed by atoms with van der Waals surface area (Å²) >= 11 is 4.28. The third-order valence-electron chi connectivity index (χ3n) is 3.70. The summed E-state index contributed by atoms with van der Waals surface area (Å²) < 4.78 is 0. The smallest absolute Gasteiger partial charge is 0.0396 e. The van der Waals surface area contributed by atoms with Crippen LogP contribution in [-0.4, -0.2) is 43.4 Å². The van der Waals surface area contributed by atoms with Gasteiger partial charge in [0.05, 0.1) is 0 Å². The molecule has 0 unspecified atom stereocenters. The molecule has 0 radical (unpaired) electrons. The van der Waals surface area contributed by atoms with Crippen LogP contribution < -0.4 is 4.90 Å². The van der Waals surface area contributed by atoms with Crippen molar-refractivity contribution in [2.24, 2.45) is 0 Å². The molecule has 0 aliphatic carbocycles. The number of hydrogen-bond acceptors (Lipinski definition) is 3. The molecule has 0 aromatic heterocycles. The van der Waals surface area contributed by atoms with Crippen LogP contribution in [0.15, 0.2) is 18.2 Å². The lowest BCUT2D eigenvalue weighted by atomic mass is 10.1. The van der Waals surface area contributed by atoms with E-state index in [0.29, 0.717) is 0 Å². The number of piperazine rings is 1. The Kier molecular flexibility index (Phi) is 4.95. The first-order valence-electron chi connectivity index (χ1n) is 6.86. The number of hydrogen-bond donors (Lipinski definition) is 1. The molecule has 1 aromatic rings. The summed E-state index contributed by atoms with van der Waals surface area (Å²) in [6.07, 6.45) is 1.20. The number of thiol groups is 1. The molecule has 2 nitrogen and oxygen atoms in total. The second kappa shape index (κ2) is 6.48. The Hall–Kier alpha value is -0.670. The predicted molar refractivity (Wildman–Crippen MR) is 83.0 cm³/mol. The van der Waals surface area contributed by atoms with Crippen LogP contribution in [0.3, 0.4) is 0 Å². The quantitative estimate of drug-likeness (QED) is 0.836. The second-order valence-electron chi connectivity index (χ2n) is 5.20. The van der Waals surface area contributed by atoms with Crippen LogP contribution in [0, 0.1) is 13.8 Å². The molecule has 0 atom stereocenters.